The summed E-state index contributed by atoms with van der Waals surface area (Å²) in [6.07, 6.45) is 0.827. The molecule has 0 bridgehead atoms. The van der Waals surface area contributed by atoms with Gasteiger partial charge in [0.25, 0.3) is 0 Å². The molecule has 6 heteroatoms. The normalized spacial score (nSPS) is 13.7. The number of hydrogen-bond acceptors (Lipinski definition) is 4. The van der Waals surface area contributed by atoms with Crippen LogP contribution in [0.15, 0.2) is 12.1 Å². The highest BCUT2D eigenvalue weighted by atomic mass is 16.5. The predicted octanol–water partition coefficient (Wildman–Crippen LogP) is 1.52. The van der Waals surface area contributed by atoms with Crippen molar-refractivity contribution in [1.29, 1.82) is 0 Å². The number of fused-ring (bicyclic) bond motifs is 1. The number of amides is 2. The molecule has 0 aromatic heterocycles. The Morgan fingerprint density at radius 1 is 1.28 bits per heavy atom. The number of carbonyl (C=O) groups excluding carboxylic acids is 1. The van der Waals surface area contributed by atoms with E-state index >= 15 is 0 Å². The molecule has 0 radical (unpaired) electrons. The van der Waals surface area contributed by atoms with E-state index < -0.39 is 0 Å². The summed E-state index contributed by atoms with van der Waals surface area (Å²) in [5.41, 5.74) is 6.85. The van der Waals surface area contributed by atoms with Crippen LogP contribution in [0.5, 0.6) is 11.5 Å². The number of nitrogens with zero attached hydrogens (tertiary/aromatic N) is 1. The first kappa shape index (κ1) is 12.3. The number of nitrogen functional groups attached to an aromatic ring is 1. The molecular weight excluding hydrogens is 234 g/mol. The van der Waals surface area contributed by atoms with Crippen LogP contribution in [-0.4, -0.2) is 38.2 Å². The van der Waals surface area contributed by atoms with Crippen LogP contribution in [0.2, 0.25) is 0 Å². The molecule has 0 unspecified atom stereocenters. The summed E-state index contributed by atoms with van der Waals surface area (Å²) in [6.45, 7) is 1.20. The number of carbonyl (C=O) groups is 1. The van der Waals surface area contributed by atoms with Gasteiger partial charge in [0.05, 0.1) is 24.6 Å². The fraction of sp³-hybridized carbons (Fsp3) is 0.417. The largest absolute Gasteiger partial charge is 0.489 e. The summed E-state index contributed by atoms with van der Waals surface area (Å²) in [4.78, 5) is 13.0. The van der Waals surface area contributed by atoms with E-state index in [2.05, 4.69) is 5.32 Å². The van der Waals surface area contributed by atoms with Crippen LogP contribution in [0.1, 0.15) is 6.42 Å². The molecule has 2 amide bonds. The Morgan fingerprint density at radius 3 is 2.50 bits per heavy atom. The minimum absolute atomic E-state index is 0.240. The highest BCUT2D eigenvalue weighted by molar-refractivity contribution is 5.93. The smallest absolute Gasteiger partial charge is 0.321 e. The lowest BCUT2D eigenvalue weighted by molar-refractivity contribution is 0.230. The second-order valence-electron chi connectivity index (χ2n) is 4.26. The number of ether oxygens (including phenoxy) is 2. The molecule has 2 rings (SSSR count). The zero-order valence-electron chi connectivity index (χ0n) is 10.5. The molecule has 1 aromatic carbocycles. The Morgan fingerprint density at radius 2 is 1.89 bits per heavy atom. The number of nitrogens with two attached hydrogens (primary N) is 1. The van der Waals surface area contributed by atoms with Gasteiger partial charge in [0.15, 0.2) is 11.5 Å². The predicted molar refractivity (Wildman–Crippen MR) is 69.2 cm³/mol. The van der Waals surface area contributed by atoms with Crippen LogP contribution >= 0.6 is 0 Å². The van der Waals surface area contributed by atoms with Crippen molar-refractivity contribution < 1.29 is 14.3 Å². The van der Waals surface area contributed by atoms with Crippen LogP contribution in [0.3, 0.4) is 0 Å². The first-order valence-corrected chi connectivity index (χ1v) is 5.75. The van der Waals surface area contributed by atoms with Crippen molar-refractivity contribution in [3.05, 3.63) is 12.1 Å². The van der Waals surface area contributed by atoms with Crippen LogP contribution < -0.4 is 20.5 Å². The molecule has 3 N–H and O–H groups in total. The van der Waals surface area contributed by atoms with Gasteiger partial charge in [-0.1, -0.05) is 0 Å². The highest BCUT2D eigenvalue weighted by Gasteiger charge is 2.15. The molecule has 0 spiro atoms. The Balaban J connectivity index is 2.26. The molecule has 0 aliphatic carbocycles. The molecule has 0 saturated heterocycles. The van der Waals surface area contributed by atoms with E-state index in [4.69, 9.17) is 15.2 Å². The van der Waals surface area contributed by atoms with E-state index in [1.54, 1.807) is 26.2 Å². The van der Waals surface area contributed by atoms with Gasteiger partial charge in [0.1, 0.15) is 0 Å². The lowest BCUT2D eigenvalue weighted by Crippen LogP contribution is -2.27. The van der Waals surface area contributed by atoms with Gasteiger partial charge >= 0.3 is 6.03 Å². The molecular formula is C12H17N3O3. The van der Waals surface area contributed by atoms with Gasteiger partial charge in [0.2, 0.25) is 0 Å². The lowest BCUT2D eigenvalue weighted by atomic mass is 10.2. The van der Waals surface area contributed by atoms with E-state index in [-0.39, 0.29) is 6.03 Å². The van der Waals surface area contributed by atoms with Crippen molar-refractivity contribution in [2.75, 3.05) is 38.4 Å². The lowest BCUT2D eigenvalue weighted by Gasteiger charge is -2.15. The summed E-state index contributed by atoms with van der Waals surface area (Å²) in [7, 11) is 3.32. The van der Waals surface area contributed by atoms with Crippen molar-refractivity contribution in [2.45, 2.75) is 6.42 Å². The monoisotopic (exact) mass is 251 g/mol. The van der Waals surface area contributed by atoms with Gasteiger partial charge in [-0.05, 0) is 0 Å². The zero-order chi connectivity index (χ0) is 13.1. The fourth-order valence-electron chi connectivity index (χ4n) is 1.56. The molecule has 1 heterocycles. The van der Waals surface area contributed by atoms with Crippen molar-refractivity contribution in [3.63, 3.8) is 0 Å². The molecule has 1 aliphatic rings. The van der Waals surface area contributed by atoms with E-state index in [1.807, 2.05) is 0 Å². The summed E-state index contributed by atoms with van der Waals surface area (Å²) in [5.74, 6) is 1.23. The van der Waals surface area contributed by atoms with Gasteiger partial charge in [-0.2, -0.15) is 0 Å². The maximum Gasteiger partial charge on any atom is 0.321 e. The van der Waals surface area contributed by atoms with E-state index in [0.29, 0.717) is 36.1 Å². The number of benzene rings is 1. The third-order valence-electron chi connectivity index (χ3n) is 2.57. The quantitative estimate of drug-likeness (QED) is 0.742. The average Bonchev–Trinajstić information content (AvgIpc) is 2.54. The highest BCUT2D eigenvalue weighted by Crippen LogP contribution is 2.36. The molecule has 1 aliphatic heterocycles. The molecule has 0 saturated carbocycles. The second-order valence-corrected chi connectivity index (χ2v) is 4.26. The summed E-state index contributed by atoms with van der Waals surface area (Å²) >= 11 is 0. The van der Waals surface area contributed by atoms with E-state index in [1.165, 1.54) is 4.90 Å². The van der Waals surface area contributed by atoms with Crippen LogP contribution in [0.4, 0.5) is 16.2 Å². The summed E-state index contributed by atoms with van der Waals surface area (Å²) in [6, 6.07) is 3.12. The molecule has 0 fully saturated rings. The number of hydrogen-bond donors (Lipinski definition) is 2. The van der Waals surface area contributed by atoms with Crippen LogP contribution in [0, 0.1) is 0 Å². The Hall–Kier alpha value is -2.11. The average molecular weight is 251 g/mol. The van der Waals surface area contributed by atoms with Gasteiger partial charge in [0, 0.05) is 32.6 Å². The zero-order valence-corrected chi connectivity index (χ0v) is 10.5. The van der Waals surface area contributed by atoms with Gasteiger partial charge in [-0.15, -0.1) is 0 Å². The molecule has 6 nitrogen and oxygen atoms in total. The van der Waals surface area contributed by atoms with Crippen molar-refractivity contribution in [2.24, 2.45) is 0 Å². The first-order chi connectivity index (χ1) is 8.58. The third-order valence-corrected chi connectivity index (χ3v) is 2.57. The summed E-state index contributed by atoms with van der Waals surface area (Å²) in [5, 5.41) is 2.71. The third kappa shape index (κ3) is 2.58. The second kappa shape index (κ2) is 5.03. The Kier molecular flexibility index (Phi) is 3.45. The Bertz CT molecular complexity index is 460. The molecule has 98 valence electrons. The number of anilines is 2. The number of urea groups is 1. The maximum atomic E-state index is 11.6. The van der Waals surface area contributed by atoms with Crippen LogP contribution in [-0.2, 0) is 0 Å². The minimum atomic E-state index is -0.240. The van der Waals surface area contributed by atoms with E-state index in [9.17, 15) is 4.79 Å². The molecule has 0 atom stereocenters. The van der Waals surface area contributed by atoms with Crippen molar-refractivity contribution >= 4 is 17.4 Å². The van der Waals surface area contributed by atoms with Crippen molar-refractivity contribution in [3.8, 4) is 11.5 Å². The minimum Gasteiger partial charge on any atom is -0.489 e. The van der Waals surface area contributed by atoms with Gasteiger partial charge in [-0.25, -0.2) is 4.79 Å². The standard InChI is InChI=1S/C12H17N3O3/c1-15(2)12(16)14-9-7-11-10(6-8(9)13)17-4-3-5-18-11/h6-7H,3-5,13H2,1-2H3,(H,14,16). The first-order valence-electron chi connectivity index (χ1n) is 5.75. The van der Waals surface area contributed by atoms with Gasteiger partial charge < -0.3 is 25.4 Å². The van der Waals surface area contributed by atoms with E-state index in [0.717, 1.165) is 6.42 Å². The van der Waals surface area contributed by atoms with Gasteiger partial charge in [-0.3, -0.25) is 0 Å². The van der Waals surface area contributed by atoms with Crippen molar-refractivity contribution in [1.82, 2.24) is 4.90 Å². The summed E-state index contributed by atoms with van der Waals surface area (Å²) < 4.78 is 11.0. The molecule has 1 aromatic rings. The number of rotatable bonds is 1. The molecule has 18 heavy (non-hydrogen) atoms. The fourth-order valence-corrected chi connectivity index (χ4v) is 1.56. The number of nitrogens with one attached hydrogen (secondary N) is 1. The Labute approximate surface area is 106 Å². The maximum absolute atomic E-state index is 11.6. The SMILES string of the molecule is CN(C)C(=O)Nc1cc2c(cc1N)OCCCO2. The topological polar surface area (TPSA) is 76.8 Å². The van der Waals surface area contributed by atoms with Crippen LogP contribution in [0.25, 0.3) is 0 Å².